The van der Waals surface area contributed by atoms with Gasteiger partial charge in [0.1, 0.15) is 5.00 Å². The van der Waals surface area contributed by atoms with Crippen molar-refractivity contribution >= 4 is 39.8 Å². The van der Waals surface area contributed by atoms with E-state index >= 15 is 0 Å². The topological polar surface area (TPSA) is 52.7 Å². The van der Waals surface area contributed by atoms with Crippen molar-refractivity contribution < 1.29 is 9.59 Å². The molecule has 1 N–H and O–H groups in total. The number of thiophene rings is 1. The summed E-state index contributed by atoms with van der Waals surface area (Å²) in [5.41, 5.74) is 2.68. The average molecular weight is 502 g/mol. The molecule has 1 atom stereocenters. The quantitative estimate of drug-likeness (QED) is 0.274. The van der Waals surface area contributed by atoms with Gasteiger partial charge < -0.3 is 5.32 Å². The monoisotopic (exact) mass is 501 g/mol. The number of likely N-dealkylation sites (tertiary alicyclic amines) is 2. The number of rotatable bonds is 9. The summed E-state index contributed by atoms with van der Waals surface area (Å²) in [6.07, 6.45) is 13.2. The molecule has 34 heavy (non-hydrogen) atoms. The smallest absolute Gasteiger partial charge is 0.239 e. The van der Waals surface area contributed by atoms with Crippen molar-refractivity contribution in [2.75, 3.05) is 43.8 Å². The third-order valence-electron chi connectivity index (χ3n) is 7.27. The van der Waals surface area contributed by atoms with E-state index in [2.05, 4.69) is 27.8 Å². The van der Waals surface area contributed by atoms with Gasteiger partial charge in [-0.1, -0.05) is 25.0 Å². The highest BCUT2D eigenvalue weighted by atomic mass is 32.2. The molecule has 2 saturated heterocycles. The van der Waals surface area contributed by atoms with Crippen LogP contribution in [0, 0.1) is 0 Å². The van der Waals surface area contributed by atoms with Crippen LogP contribution in [0.3, 0.4) is 0 Å². The summed E-state index contributed by atoms with van der Waals surface area (Å²) in [7, 11) is 0. The first-order valence-electron chi connectivity index (χ1n) is 12.9. The maximum atomic E-state index is 13.7. The van der Waals surface area contributed by atoms with Crippen molar-refractivity contribution in [2.45, 2.75) is 70.1 Å². The third-order valence-corrected chi connectivity index (χ3v) is 9.59. The number of Topliss-reactive ketones (excluding diaryl/α,β-unsaturated/α-hetero) is 1. The van der Waals surface area contributed by atoms with Crippen molar-refractivity contribution in [1.29, 1.82) is 0 Å². The summed E-state index contributed by atoms with van der Waals surface area (Å²) in [6.45, 7) is 10.6. The largest absolute Gasteiger partial charge is 0.316 e. The Bertz CT molecular complexity index is 911. The van der Waals surface area contributed by atoms with Gasteiger partial charge in [-0.15, -0.1) is 17.9 Å². The van der Waals surface area contributed by atoms with E-state index in [4.69, 9.17) is 0 Å². The Morgan fingerprint density at radius 3 is 2.50 bits per heavy atom. The first-order valence-corrected chi connectivity index (χ1v) is 14.9. The van der Waals surface area contributed by atoms with Crippen molar-refractivity contribution in [3.05, 3.63) is 40.3 Å². The molecule has 0 aliphatic carbocycles. The highest BCUT2D eigenvalue weighted by molar-refractivity contribution is 7.98. The maximum absolute atomic E-state index is 13.7. The third kappa shape index (κ3) is 6.42. The zero-order valence-electron chi connectivity index (χ0n) is 20.6. The molecule has 0 spiro atoms. The lowest BCUT2D eigenvalue weighted by molar-refractivity contribution is -0.117. The Kier molecular flexibility index (Phi) is 9.46. The van der Waals surface area contributed by atoms with E-state index in [1.165, 1.54) is 30.6 Å². The van der Waals surface area contributed by atoms with Crippen LogP contribution in [0.1, 0.15) is 72.7 Å². The Morgan fingerprint density at radius 2 is 1.79 bits per heavy atom. The number of hydrogen-bond acceptors (Lipinski definition) is 6. The zero-order chi connectivity index (χ0) is 23.9. The summed E-state index contributed by atoms with van der Waals surface area (Å²) in [5.74, 6) is 2.03. The van der Waals surface area contributed by atoms with Crippen LogP contribution in [-0.2, 0) is 17.0 Å². The van der Waals surface area contributed by atoms with Crippen LogP contribution in [0.25, 0.3) is 0 Å². The molecule has 4 heterocycles. The van der Waals surface area contributed by atoms with E-state index in [9.17, 15) is 9.59 Å². The van der Waals surface area contributed by atoms with Gasteiger partial charge >= 0.3 is 0 Å². The summed E-state index contributed by atoms with van der Waals surface area (Å²) in [5, 5.41) is 3.89. The van der Waals surface area contributed by atoms with Crippen molar-refractivity contribution in [1.82, 2.24) is 9.80 Å². The van der Waals surface area contributed by atoms with E-state index in [0.29, 0.717) is 6.54 Å². The van der Waals surface area contributed by atoms with Crippen molar-refractivity contribution in [2.24, 2.45) is 0 Å². The second kappa shape index (κ2) is 12.5. The van der Waals surface area contributed by atoms with Crippen LogP contribution in [0.5, 0.6) is 0 Å². The van der Waals surface area contributed by atoms with Gasteiger partial charge in [0.2, 0.25) is 5.91 Å². The average Bonchev–Trinajstić information content (AvgIpc) is 3.22. The number of allylic oxidation sites excluding steroid dienone is 1. The molecule has 0 aromatic carbocycles. The molecule has 186 valence electrons. The lowest BCUT2D eigenvalue weighted by Gasteiger charge is -2.32. The molecule has 1 amide bonds. The highest BCUT2D eigenvalue weighted by Crippen LogP contribution is 2.40. The number of fused-ring (bicyclic) bond motifs is 1. The van der Waals surface area contributed by atoms with Gasteiger partial charge in [0.15, 0.2) is 5.78 Å². The van der Waals surface area contributed by atoms with Crippen LogP contribution < -0.4 is 5.32 Å². The van der Waals surface area contributed by atoms with Crippen LogP contribution in [0.15, 0.2) is 24.3 Å². The second-order valence-corrected chi connectivity index (χ2v) is 12.0. The zero-order valence-corrected chi connectivity index (χ0v) is 22.2. The van der Waals surface area contributed by atoms with E-state index in [1.54, 1.807) is 11.3 Å². The predicted molar refractivity (Wildman–Crippen MR) is 145 cm³/mol. The minimum absolute atomic E-state index is 0.000604. The second-order valence-electron chi connectivity index (χ2n) is 9.75. The molecule has 0 saturated carbocycles. The van der Waals surface area contributed by atoms with Crippen molar-refractivity contribution in [3.63, 3.8) is 0 Å². The normalized spacial score (nSPS) is 21.0. The number of carbonyl (C=O) groups excluding carboxylic acids is 2. The molecule has 0 radical (unpaired) electrons. The minimum Gasteiger partial charge on any atom is -0.316 e. The van der Waals surface area contributed by atoms with Gasteiger partial charge in [-0.25, -0.2) is 0 Å². The summed E-state index contributed by atoms with van der Waals surface area (Å²) in [6, 6.07) is 0.277. The number of nitrogens with zero attached hydrogens (tertiary/aromatic N) is 2. The number of nitrogens with one attached hydrogen (secondary N) is 1. The van der Waals surface area contributed by atoms with Crippen LogP contribution in [0.4, 0.5) is 5.00 Å². The molecular formula is C27H39N3O2S2. The fourth-order valence-corrected chi connectivity index (χ4v) is 7.67. The molecule has 5 nitrogen and oxygen atoms in total. The molecule has 1 aromatic heterocycles. The Labute approximate surface area is 213 Å². The molecule has 3 aliphatic rings. The van der Waals surface area contributed by atoms with Gasteiger partial charge in [-0.2, -0.15) is 11.8 Å². The number of anilines is 1. The van der Waals surface area contributed by atoms with Gasteiger partial charge in [-0.05, 0) is 88.5 Å². The maximum Gasteiger partial charge on any atom is 0.239 e. The van der Waals surface area contributed by atoms with Crippen molar-refractivity contribution in [3.8, 4) is 0 Å². The minimum atomic E-state index is 0.000604. The van der Waals surface area contributed by atoms with Crippen LogP contribution >= 0.6 is 23.1 Å². The lowest BCUT2D eigenvalue weighted by atomic mass is 9.97. The van der Waals surface area contributed by atoms with Gasteiger partial charge in [0, 0.05) is 16.7 Å². The molecule has 0 bridgehead atoms. The Balaban J connectivity index is 1.49. The molecule has 3 aliphatic heterocycles. The van der Waals surface area contributed by atoms with Crippen LogP contribution in [0.2, 0.25) is 0 Å². The van der Waals surface area contributed by atoms with Gasteiger partial charge in [0.25, 0.3) is 0 Å². The summed E-state index contributed by atoms with van der Waals surface area (Å²) >= 11 is 3.51. The summed E-state index contributed by atoms with van der Waals surface area (Å²) in [4.78, 5) is 32.5. The SMILES string of the molecule is C=CC(C/C=C(\C)C(=O)c1c(NC(=O)CN2CCCCC2)sc2c1CCSC2)N1CCCCC1. The highest BCUT2D eigenvalue weighted by Gasteiger charge is 2.28. The van der Waals surface area contributed by atoms with Gasteiger partial charge in [0.05, 0.1) is 12.1 Å². The first-order chi connectivity index (χ1) is 16.6. The molecule has 2 fully saturated rings. The van der Waals surface area contributed by atoms with E-state index in [1.807, 2.05) is 24.8 Å². The Hall–Kier alpha value is -1.41. The Morgan fingerprint density at radius 1 is 1.09 bits per heavy atom. The molecule has 4 rings (SSSR count). The first kappa shape index (κ1) is 25.7. The number of amides is 1. The number of piperidine rings is 2. The van der Waals surface area contributed by atoms with E-state index < -0.39 is 0 Å². The lowest BCUT2D eigenvalue weighted by Crippen LogP contribution is -2.37. The van der Waals surface area contributed by atoms with E-state index in [-0.39, 0.29) is 17.7 Å². The summed E-state index contributed by atoms with van der Waals surface area (Å²) < 4.78 is 0. The van der Waals surface area contributed by atoms with Crippen LogP contribution in [-0.4, -0.2) is 66.0 Å². The fourth-order valence-electron chi connectivity index (χ4n) is 5.28. The fraction of sp³-hybridized carbons (Fsp3) is 0.630. The van der Waals surface area contributed by atoms with Gasteiger partial charge in [-0.3, -0.25) is 19.4 Å². The molecular weight excluding hydrogens is 462 g/mol. The number of carbonyl (C=O) groups is 2. The standard InChI is InChI=1S/C27H39N3O2S2/c1-3-21(30-15-8-5-9-16-30)11-10-20(2)26(32)25-22-12-17-33-19-23(22)34-27(25)28-24(31)18-29-13-6-4-7-14-29/h3,10,21H,1,4-9,11-19H2,2H3,(H,28,31)/b20-10+. The predicted octanol–water partition coefficient (Wildman–Crippen LogP) is 5.52. The number of hydrogen-bond donors (Lipinski definition) is 1. The number of ketones is 1. The molecule has 7 heteroatoms. The number of thioether (sulfide) groups is 1. The van der Waals surface area contributed by atoms with E-state index in [0.717, 1.165) is 85.1 Å². The molecule has 1 aromatic rings. The molecule has 1 unspecified atom stereocenters.